The van der Waals surface area contributed by atoms with Crippen LogP contribution in [0.25, 0.3) is 10.9 Å². The topological polar surface area (TPSA) is 85.6 Å². The molecule has 0 spiro atoms. The Bertz CT molecular complexity index is 1050. The summed E-state index contributed by atoms with van der Waals surface area (Å²) < 4.78 is 32.1. The van der Waals surface area contributed by atoms with Crippen molar-refractivity contribution in [3.05, 3.63) is 66.4 Å². The molecule has 1 unspecified atom stereocenters. The lowest BCUT2D eigenvalue weighted by molar-refractivity contribution is -0.164. The Morgan fingerprint density at radius 2 is 1.73 bits per heavy atom. The summed E-state index contributed by atoms with van der Waals surface area (Å²) in [4.78, 5) is 12.3. The Morgan fingerprint density at radius 1 is 1.12 bits per heavy atom. The molecule has 6 nitrogen and oxygen atoms in total. The SMILES string of the molecule is CCOC(=O)C(C)(O)c1cn(S(=O)(=O)c2ccccc2)c2ccccc12. The predicted molar refractivity (Wildman–Crippen MR) is 97.2 cm³/mol. The smallest absolute Gasteiger partial charge is 0.342 e. The first-order valence-electron chi connectivity index (χ1n) is 8.11. The van der Waals surface area contributed by atoms with Gasteiger partial charge in [0.25, 0.3) is 10.0 Å². The number of para-hydroxylation sites is 1. The van der Waals surface area contributed by atoms with Crippen LogP contribution in [0.4, 0.5) is 0 Å². The van der Waals surface area contributed by atoms with Gasteiger partial charge in [0.15, 0.2) is 5.60 Å². The van der Waals surface area contributed by atoms with Crippen molar-refractivity contribution < 1.29 is 23.1 Å². The second-order valence-corrected chi connectivity index (χ2v) is 7.78. The molecule has 1 atom stereocenters. The highest BCUT2D eigenvalue weighted by atomic mass is 32.2. The van der Waals surface area contributed by atoms with Crippen molar-refractivity contribution in [2.45, 2.75) is 24.3 Å². The molecule has 1 aromatic heterocycles. The quantitative estimate of drug-likeness (QED) is 0.695. The lowest BCUT2D eigenvalue weighted by Gasteiger charge is -2.20. The van der Waals surface area contributed by atoms with Crippen LogP contribution in [-0.4, -0.2) is 30.1 Å². The molecule has 2 aromatic carbocycles. The van der Waals surface area contributed by atoms with Gasteiger partial charge in [0.05, 0.1) is 17.0 Å². The van der Waals surface area contributed by atoms with E-state index in [9.17, 15) is 18.3 Å². The molecule has 7 heteroatoms. The van der Waals surface area contributed by atoms with Crippen LogP contribution in [0.15, 0.2) is 65.7 Å². The number of hydrogen-bond donors (Lipinski definition) is 1. The van der Waals surface area contributed by atoms with Crippen molar-refractivity contribution in [3.63, 3.8) is 0 Å². The zero-order chi connectivity index (χ0) is 18.9. The van der Waals surface area contributed by atoms with Crippen LogP contribution in [0, 0.1) is 0 Å². The first-order valence-corrected chi connectivity index (χ1v) is 9.55. The molecular formula is C19H19NO5S. The number of esters is 1. The molecule has 0 amide bonds. The summed E-state index contributed by atoms with van der Waals surface area (Å²) in [6.07, 6.45) is 1.28. The van der Waals surface area contributed by atoms with Crippen molar-refractivity contribution in [1.29, 1.82) is 0 Å². The second-order valence-electron chi connectivity index (χ2n) is 5.97. The van der Waals surface area contributed by atoms with Crippen molar-refractivity contribution in [3.8, 4) is 0 Å². The molecule has 0 aliphatic heterocycles. The summed E-state index contributed by atoms with van der Waals surface area (Å²) in [6, 6.07) is 14.7. The largest absolute Gasteiger partial charge is 0.464 e. The van der Waals surface area contributed by atoms with Crippen molar-refractivity contribution in [2.75, 3.05) is 6.61 Å². The normalized spacial score (nSPS) is 14.1. The van der Waals surface area contributed by atoms with E-state index in [0.29, 0.717) is 10.9 Å². The summed E-state index contributed by atoms with van der Waals surface area (Å²) in [7, 11) is -3.89. The molecular weight excluding hydrogens is 354 g/mol. The van der Waals surface area contributed by atoms with E-state index in [1.165, 1.54) is 25.3 Å². The van der Waals surface area contributed by atoms with E-state index < -0.39 is 21.6 Å². The average Bonchev–Trinajstić information content (AvgIpc) is 3.04. The number of carbonyl (C=O) groups is 1. The number of carbonyl (C=O) groups excluding carboxylic acids is 1. The Labute approximate surface area is 151 Å². The molecule has 0 aliphatic rings. The van der Waals surface area contributed by atoms with Crippen LogP contribution in [0.5, 0.6) is 0 Å². The average molecular weight is 373 g/mol. The van der Waals surface area contributed by atoms with E-state index in [4.69, 9.17) is 4.74 Å². The Morgan fingerprint density at radius 3 is 2.38 bits per heavy atom. The number of aromatic nitrogens is 1. The van der Waals surface area contributed by atoms with Gasteiger partial charge in [-0.2, -0.15) is 0 Å². The van der Waals surface area contributed by atoms with Crippen LogP contribution < -0.4 is 0 Å². The Hall–Kier alpha value is -2.64. The van der Waals surface area contributed by atoms with Gasteiger partial charge >= 0.3 is 5.97 Å². The zero-order valence-electron chi connectivity index (χ0n) is 14.4. The molecule has 0 bridgehead atoms. The van der Waals surface area contributed by atoms with Crippen LogP contribution >= 0.6 is 0 Å². The summed E-state index contributed by atoms with van der Waals surface area (Å²) in [5.41, 5.74) is -1.44. The lowest BCUT2D eigenvalue weighted by atomic mass is 9.96. The third-order valence-corrected chi connectivity index (χ3v) is 5.86. The van der Waals surface area contributed by atoms with E-state index in [2.05, 4.69) is 0 Å². The standard InChI is InChI=1S/C19H19NO5S/c1-3-25-18(21)19(2,22)16-13-20(17-12-8-7-11-15(16)17)26(23,24)14-9-5-4-6-10-14/h4-13,22H,3H2,1-2H3. The second kappa shape index (κ2) is 6.59. The summed E-state index contributed by atoms with van der Waals surface area (Å²) in [6.45, 7) is 3.04. The minimum absolute atomic E-state index is 0.107. The summed E-state index contributed by atoms with van der Waals surface area (Å²) in [5.74, 6) is -0.833. The monoisotopic (exact) mass is 373 g/mol. The molecule has 1 N–H and O–H groups in total. The first-order chi connectivity index (χ1) is 12.3. The maximum atomic E-state index is 13.0. The highest BCUT2D eigenvalue weighted by Gasteiger charge is 2.38. The number of aliphatic hydroxyl groups is 1. The Balaban J connectivity index is 2.26. The molecule has 136 valence electrons. The van der Waals surface area contributed by atoms with Gasteiger partial charge < -0.3 is 9.84 Å². The third kappa shape index (κ3) is 2.89. The van der Waals surface area contributed by atoms with Crippen LogP contribution in [0.3, 0.4) is 0 Å². The number of ether oxygens (including phenoxy) is 1. The van der Waals surface area contributed by atoms with Gasteiger partial charge in [0, 0.05) is 17.1 Å². The molecule has 0 radical (unpaired) electrons. The lowest BCUT2D eigenvalue weighted by Crippen LogP contribution is -2.34. The first kappa shape index (κ1) is 18.2. The van der Waals surface area contributed by atoms with Crippen LogP contribution in [-0.2, 0) is 25.2 Å². The van der Waals surface area contributed by atoms with E-state index in [0.717, 1.165) is 3.97 Å². The van der Waals surface area contributed by atoms with Gasteiger partial charge in [-0.15, -0.1) is 0 Å². The van der Waals surface area contributed by atoms with E-state index in [1.807, 2.05) is 0 Å². The fraction of sp³-hybridized carbons (Fsp3) is 0.211. The van der Waals surface area contributed by atoms with Crippen LogP contribution in [0.2, 0.25) is 0 Å². The number of benzene rings is 2. The molecule has 0 aliphatic carbocycles. The summed E-state index contributed by atoms with van der Waals surface area (Å²) in [5, 5.41) is 11.2. The number of hydrogen-bond acceptors (Lipinski definition) is 5. The molecule has 0 saturated heterocycles. The molecule has 26 heavy (non-hydrogen) atoms. The van der Waals surface area contributed by atoms with E-state index in [-0.39, 0.29) is 17.1 Å². The van der Waals surface area contributed by atoms with E-state index in [1.54, 1.807) is 49.4 Å². The van der Waals surface area contributed by atoms with Gasteiger partial charge in [-0.25, -0.2) is 17.2 Å². The van der Waals surface area contributed by atoms with Crippen LogP contribution in [0.1, 0.15) is 19.4 Å². The fourth-order valence-corrected chi connectivity index (χ4v) is 4.21. The van der Waals surface area contributed by atoms with Gasteiger partial charge in [-0.05, 0) is 32.0 Å². The third-order valence-electron chi connectivity index (χ3n) is 4.18. The van der Waals surface area contributed by atoms with Crippen molar-refractivity contribution in [2.24, 2.45) is 0 Å². The van der Waals surface area contributed by atoms with Crippen molar-refractivity contribution >= 4 is 26.9 Å². The number of fused-ring (bicyclic) bond motifs is 1. The number of nitrogens with zero attached hydrogens (tertiary/aromatic N) is 1. The molecule has 3 rings (SSSR count). The van der Waals surface area contributed by atoms with Gasteiger partial charge in [0.1, 0.15) is 0 Å². The molecule has 1 heterocycles. The predicted octanol–water partition coefficient (Wildman–Crippen LogP) is 2.65. The van der Waals surface area contributed by atoms with Crippen molar-refractivity contribution in [1.82, 2.24) is 3.97 Å². The molecule has 0 fully saturated rings. The van der Waals surface area contributed by atoms with Gasteiger partial charge in [-0.1, -0.05) is 36.4 Å². The van der Waals surface area contributed by atoms with Gasteiger partial charge in [0.2, 0.25) is 0 Å². The van der Waals surface area contributed by atoms with E-state index >= 15 is 0 Å². The minimum atomic E-state index is -3.89. The molecule has 3 aromatic rings. The fourth-order valence-electron chi connectivity index (χ4n) is 2.82. The summed E-state index contributed by atoms with van der Waals surface area (Å²) >= 11 is 0. The molecule has 0 saturated carbocycles. The maximum absolute atomic E-state index is 13.0. The number of rotatable bonds is 5. The highest BCUT2D eigenvalue weighted by Crippen LogP contribution is 2.33. The zero-order valence-corrected chi connectivity index (χ0v) is 15.2. The maximum Gasteiger partial charge on any atom is 0.342 e. The minimum Gasteiger partial charge on any atom is -0.464 e. The Kier molecular flexibility index (Phi) is 4.60. The highest BCUT2D eigenvalue weighted by molar-refractivity contribution is 7.90. The van der Waals surface area contributed by atoms with Gasteiger partial charge in [-0.3, -0.25) is 0 Å².